The van der Waals surface area contributed by atoms with Gasteiger partial charge in [0, 0.05) is 22.6 Å². The molecule has 0 unspecified atom stereocenters. The number of hydrogen-bond donors (Lipinski definition) is 3. The van der Waals surface area contributed by atoms with Crippen LogP contribution in [0.15, 0.2) is 34.1 Å². The fourth-order valence-electron chi connectivity index (χ4n) is 2.80. The Bertz CT molecular complexity index is 1000. The molecule has 0 fully saturated rings. The van der Waals surface area contributed by atoms with E-state index in [1.165, 1.54) is 0 Å². The summed E-state index contributed by atoms with van der Waals surface area (Å²) in [6.45, 7) is 4.03. The smallest absolute Gasteiger partial charge is 0.307 e. The predicted molar refractivity (Wildman–Crippen MR) is 113 cm³/mol. The third-order valence-electron chi connectivity index (χ3n) is 4.11. The van der Waals surface area contributed by atoms with Crippen molar-refractivity contribution >= 4 is 50.4 Å². The Morgan fingerprint density at radius 1 is 1.30 bits per heavy atom. The molecule has 0 saturated carbocycles. The van der Waals surface area contributed by atoms with Crippen LogP contribution in [-0.2, 0) is 17.6 Å². The Balaban J connectivity index is 1.97. The van der Waals surface area contributed by atoms with Crippen LogP contribution in [0.4, 0.5) is 17.2 Å². The quantitative estimate of drug-likeness (QED) is 0.470. The number of rotatable bonds is 6. The van der Waals surface area contributed by atoms with Crippen LogP contribution in [-0.4, -0.2) is 21.0 Å². The van der Waals surface area contributed by atoms with Crippen LogP contribution in [0.25, 0.3) is 10.7 Å². The van der Waals surface area contributed by atoms with Gasteiger partial charge in [0.1, 0.15) is 5.82 Å². The molecule has 0 saturated heterocycles. The number of aromatic nitrogens is 2. The first-order chi connectivity index (χ1) is 12.9. The van der Waals surface area contributed by atoms with Crippen molar-refractivity contribution in [2.75, 3.05) is 11.1 Å². The van der Waals surface area contributed by atoms with Crippen LogP contribution in [0.5, 0.6) is 0 Å². The van der Waals surface area contributed by atoms with Crippen LogP contribution >= 0.6 is 27.3 Å². The van der Waals surface area contributed by atoms with Gasteiger partial charge in [-0.1, -0.05) is 13.0 Å². The van der Waals surface area contributed by atoms with E-state index >= 15 is 0 Å². The molecule has 8 heteroatoms. The normalized spacial score (nSPS) is 10.8. The van der Waals surface area contributed by atoms with Crippen molar-refractivity contribution in [3.63, 3.8) is 0 Å². The molecule has 140 valence electrons. The molecule has 4 N–H and O–H groups in total. The highest BCUT2D eigenvalue weighted by molar-refractivity contribution is 9.11. The van der Waals surface area contributed by atoms with Gasteiger partial charge in [0.05, 0.1) is 15.1 Å². The van der Waals surface area contributed by atoms with E-state index in [1.54, 1.807) is 23.5 Å². The van der Waals surface area contributed by atoms with Crippen molar-refractivity contribution in [2.45, 2.75) is 26.7 Å². The number of nitrogens with one attached hydrogen (secondary N) is 1. The zero-order valence-corrected chi connectivity index (χ0v) is 17.3. The molecule has 2 heterocycles. The van der Waals surface area contributed by atoms with Gasteiger partial charge in [0.2, 0.25) is 0 Å². The Labute approximate surface area is 169 Å². The van der Waals surface area contributed by atoms with Gasteiger partial charge < -0.3 is 16.2 Å². The maximum atomic E-state index is 10.9. The Morgan fingerprint density at radius 2 is 2.07 bits per heavy atom. The molecular weight excluding hydrogens is 428 g/mol. The van der Waals surface area contributed by atoms with Crippen molar-refractivity contribution in [2.24, 2.45) is 0 Å². The van der Waals surface area contributed by atoms with Crippen molar-refractivity contribution in [3.8, 4) is 10.7 Å². The van der Waals surface area contributed by atoms with Crippen LogP contribution in [0, 0.1) is 6.92 Å². The van der Waals surface area contributed by atoms with E-state index in [-0.39, 0.29) is 6.42 Å². The van der Waals surface area contributed by atoms with Crippen molar-refractivity contribution in [1.82, 2.24) is 9.97 Å². The van der Waals surface area contributed by atoms with Gasteiger partial charge in [-0.15, -0.1) is 11.3 Å². The summed E-state index contributed by atoms with van der Waals surface area (Å²) in [6, 6.07) is 9.23. The molecule has 0 aliphatic carbocycles. The number of carboxylic acids is 1. The minimum absolute atomic E-state index is 0.101. The first-order valence-corrected chi connectivity index (χ1v) is 9.98. The largest absolute Gasteiger partial charge is 0.481 e. The second-order valence-corrected chi connectivity index (χ2v) is 8.49. The number of nitrogen functional groups attached to an aromatic ring is 1. The SMILES string of the molecule is CCc1c(C)nc(-c2ccc(Br)s2)nc1Nc1ccc(CC(=O)O)c(N)c1. The van der Waals surface area contributed by atoms with E-state index < -0.39 is 5.97 Å². The summed E-state index contributed by atoms with van der Waals surface area (Å²) >= 11 is 5.05. The van der Waals surface area contributed by atoms with Gasteiger partial charge in [-0.2, -0.15) is 0 Å². The first kappa shape index (κ1) is 19.3. The molecule has 2 aromatic heterocycles. The number of aryl methyl sites for hydroxylation is 1. The molecule has 0 spiro atoms. The van der Waals surface area contributed by atoms with E-state index in [4.69, 9.17) is 15.8 Å². The number of hydrogen-bond acceptors (Lipinski definition) is 6. The third kappa shape index (κ3) is 4.45. The molecule has 0 bridgehead atoms. The highest BCUT2D eigenvalue weighted by atomic mass is 79.9. The molecule has 3 rings (SSSR count). The Morgan fingerprint density at radius 3 is 2.67 bits per heavy atom. The van der Waals surface area contributed by atoms with Gasteiger partial charge in [0.25, 0.3) is 0 Å². The summed E-state index contributed by atoms with van der Waals surface area (Å²) in [5, 5.41) is 12.3. The van der Waals surface area contributed by atoms with Crippen molar-refractivity contribution in [1.29, 1.82) is 0 Å². The van der Waals surface area contributed by atoms with E-state index in [0.29, 0.717) is 17.1 Å². The maximum Gasteiger partial charge on any atom is 0.307 e. The molecule has 0 amide bonds. The fourth-order valence-corrected chi connectivity index (χ4v) is 4.12. The Hall–Kier alpha value is -2.45. The number of thiophene rings is 1. The van der Waals surface area contributed by atoms with Gasteiger partial charge in [-0.3, -0.25) is 4.79 Å². The second kappa shape index (κ2) is 8.06. The molecule has 0 radical (unpaired) electrons. The molecule has 0 atom stereocenters. The zero-order valence-electron chi connectivity index (χ0n) is 14.9. The molecule has 6 nitrogen and oxygen atoms in total. The number of carbonyl (C=O) groups is 1. The minimum atomic E-state index is -0.908. The highest BCUT2D eigenvalue weighted by Gasteiger charge is 2.14. The third-order valence-corrected chi connectivity index (χ3v) is 5.73. The average Bonchev–Trinajstić information content (AvgIpc) is 3.03. The van der Waals surface area contributed by atoms with Crippen LogP contribution < -0.4 is 11.1 Å². The number of benzene rings is 1. The molecule has 27 heavy (non-hydrogen) atoms. The van der Waals surface area contributed by atoms with Crippen molar-refractivity contribution in [3.05, 3.63) is 50.9 Å². The molecule has 1 aromatic carbocycles. The van der Waals surface area contributed by atoms with Crippen LogP contribution in [0.1, 0.15) is 23.7 Å². The fraction of sp³-hybridized carbons (Fsp3) is 0.211. The Kier molecular flexibility index (Phi) is 5.76. The first-order valence-electron chi connectivity index (χ1n) is 8.37. The molecule has 0 aliphatic heterocycles. The summed E-state index contributed by atoms with van der Waals surface area (Å²) in [5.74, 6) is 0.488. The maximum absolute atomic E-state index is 10.9. The lowest BCUT2D eigenvalue weighted by Gasteiger charge is -2.14. The number of carboxylic acid groups (broad SMARTS) is 1. The summed E-state index contributed by atoms with van der Waals surface area (Å²) in [7, 11) is 0. The summed E-state index contributed by atoms with van der Waals surface area (Å²) in [6.07, 6.45) is 0.686. The number of halogens is 1. The lowest BCUT2D eigenvalue weighted by Crippen LogP contribution is -2.06. The topological polar surface area (TPSA) is 101 Å². The molecule has 3 aromatic rings. The van der Waals surface area contributed by atoms with Gasteiger partial charge in [0.15, 0.2) is 5.82 Å². The number of nitrogens with two attached hydrogens (primary N) is 1. The second-order valence-electron chi connectivity index (χ2n) is 6.03. The lowest BCUT2D eigenvalue weighted by atomic mass is 10.1. The zero-order chi connectivity index (χ0) is 19.6. The van der Waals surface area contributed by atoms with Gasteiger partial charge in [-0.05, 0) is 59.1 Å². The lowest BCUT2D eigenvalue weighted by molar-refractivity contribution is -0.136. The summed E-state index contributed by atoms with van der Waals surface area (Å²) < 4.78 is 1.02. The predicted octanol–water partition coefficient (Wildman–Crippen LogP) is 4.79. The van der Waals surface area contributed by atoms with E-state index in [1.807, 2.05) is 25.1 Å². The van der Waals surface area contributed by atoms with Crippen LogP contribution in [0.2, 0.25) is 0 Å². The summed E-state index contributed by atoms with van der Waals surface area (Å²) in [4.78, 5) is 21.2. The highest BCUT2D eigenvalue weighted by Crippen LogP contribution is 2.32. The summed E-state index contributed by atoms with van der Waals surface area (Å²) in [5.41, 5.74) is 9.74. The van der Waals surface area contributed by atoms with Crippen molar-refractivity contribution < 1.29 is 9.90 Å². The van der Waals surface area contributed by atoms with Gasteiger partial charge >= 0.3 is 5.97 Å². The average molecular weight is 447 g/mol. The number of aliphatic carboxylic acids is 1. The van der Waals surface area contributed by atoms with Crippen LogP contribution in [0.3, 0.4) is 0 Å². The monoisotopic (exact) mass is 446 g/mol. The molecule has 0 aliphatic rings. The standard InChI is InChI=1S/C19H19BrN4O2S/c1-3-13-10(2)22-19(15-6-7-16(20)27-15)24-18(13)23-12-5-4-11(8-17(25)26)14(21)9-12/h4-7,9H,3,8,21H2,1-2H3,(H,25,26)(H,22,23,24). The van der Waals surface area contributed by atoms with E-state index in [9.17, 15) is 4.79 Å². The van der Waals surface area contributed by atoms with Gasteiger partial charge in [-0.25, -0.2) is 9.97 Å². The van der Waals surface area contributed by atoms with E-state index in [2.05, 4.69) is 33.2 Å². The minimum Gasteiger partial charge on any atom is -0.481 e. The number of nitrogens with zero attached hydrogens (tertiary/aromatic N) is 2. The van der Waals surface area contributed by atoms with E-state index in [0.717, 1.165) is 37.8 Å². The molecular formula is C19H19BrN4O2S. The number of anilines is 3.